The lowest BCUT2D eigenvalue weighted by atomic mass is 10.0. The zero-order valence-electron chi connectivity index (χ0n) is 12.0. The average Bonchev–Trinajstić information content (AvgIpc) is 2.44. The van der Waals surface area contributed by atoms with E-state index in [2.05, 4.69) is 56.1 Å². The van der Waals surface area contributed by atoms with Gasteiger partial charge in [-0.05, 0) is 34.6 Å². The zero-order valence-corrected chi connectivity index (χ0v) is 12.8. The van der Waals surface area contributed by atoms with Gasteiger partial charge in [0.25, 0.3) is 0 Å². The van der Waals surface area contributed by atoms with Gasteiger partial charge in [-0.3, -0.25) is 0 Å². The second-order valence-corrected chi connectivity index (χ2v) is 6.22. The molecule has 1 unspecified atom stereocenters. The second-order valence-electron chi connectivity index (χ2n) is 4.13. The highest BCUT2D eigenvalue weighted by Crippen LogP contribution is 2.27. The number of hydrogen-bond acceptors (Lipinski definition) is 0. The molecule has 0 fully saturated rings. The van der Waals surface area contributed by atoms with Crippen LogP contribution in [0.1, 0.15) is 31.9 Å². The number of rotatable bonds is 3. The standard InChI is InChI=1S/C15H18S.C2H6/c1-4-16(3)11-13-10-9-12(2)14-7-5-6-8-15(13)14;1-2/h5-10H,3-4,11H2,1-2H3;1-2H3. The average molecular weight is 260 g/mol. The Bertz CT molecular complexity index is 526. The number of benzene rings is 2. The molecule has 2 aromatic rings. The molecule has 0 aliphatic heterocycles. The molecule has 0 saturated heterocycles. The lowest BCUT2D eigenvalue weighted by Crippen LogP contribution is -1.88. The lowest BCUT2D eigenvalue weighted by molar-refractivity contribution is 1.40. The highest BCUT2D eigenvalue weighted by Gasteiger charge is 2.03. The van der Waals surface area contributed by atoms with E-state index in [9.17, 15) is 0 Å². The molecular formula is C17H24S. The maximum Gasteiger partial charge on any atom is 0.0135 e. The minimum Gasteiger partial charge on any atom is -0.189 e. The van der Waals surface area contributed by atoms with Crippen molar-refractivity contribution in [2.75, 3.05) is 5.75 Å². The summed E-state index contributed by atoms with van der Waals surface area (Å²) in [5.74, 6) is 6.49. The van der Waals surface area contributed by atoms with E-state index in [4.69, 9.17) is 0 Å². The Morgan fingerprint density at radius 1 is 1.00 bits per heavy atom. The van der Waals surface area contributed by atoms with E-state index in [1.54, 1.807) is 0 Å². The third-order valence-electron chi connectivity index (χ3n) is 3.00. The predicted molar refractivity (Wildman–Crippen MR) is 89.0 cm³/mol. The van der Waals surface area contributed by atoms with Crippen molar-refractivity contribution in [3.05, 3.63) is 47.5 Å². The summed E-state index contributed by atoms with van der Waals surface area (Å²) in [5.41, 5.74) is 2.81. The fourth-order valence-corrected chi connectivity index (χ4v) is 2.86. The van der Waals surface area contributed by atoms with E-state index < -0.39 is 0 Å². The van der Waals surface area contributed by atoms with Crippen LogP contribution in [0.25, 0.3) is 10.8 Å². The lowest BCUT2D eigenvalue weighted by Gasteiger charge is -2.10. The first-order chi connectivity index (χ1) is 8.72. The Balaban J connectivity index is 0.000000771. The summed E-state index contributed by atoms with van der Waals surface area (Å²) in [7, 11) is 0.259. The minimum atomic E-state index is 0.259. The van der Waals surface area contributed by atoms with E-state index in [1.165, 1.54) is 27.7 Å². The highest BCUT2D eigenvalue weighted by atomic mass is 32.2. The van der Waals surface area contributed by atoms with Crippen LogP contribution in [0.3, 0.4) is 0 Å². The first kappa shape index (κ1) is 15.0. The molecule has 98 valence electrons. The molecule has 0 heterocycles. The summed E-state index contributed by atoms with van der Waals surface area (Å²) >= 11 is 0. The normalized spacial score (nSPS) is 11.8. The summed E-state index contributed by atoms with van der Waals surface area (Å²) in [6, 6.07) is 13.2. The van der Waals surface area contributed by atoms with Crippen LogP contribution in [-0.4, -0.2) is 11.6 Å². The van der Waals surface area contributed by atoms with Crippen LogP contribution in [0, 0.1) is 6.92 Å². The number of fused-ring (bicyclic) bond motifs is 1. The van der Waals surface area contributed by atoms with Crippen molar-refractivity contribution >= 4 is 27.1 Å². The second kappa shape index (κ2) is 7.38. The van der Waals surface area contributed by atoms with Gasteiger partial charge < -0.3 is 0 Å². The van der Waals surface area contributed by atoms with Crippen molar-refractivity contribution in [1.82, 2.24) is 0 Å². The van der Waals surface area contributed by atoms with Crippen LogP contribution in [0.15, 0.2) is 36.4 Å². The van der Waals surface area contributed by atoms with Crippen LogP contribution in [0.5, 0.6) is 0 Å². The van der Waals surface area contributed by atoms with E-state index in [0.717, 1.165) is 5.75 Å². The van der Waals surface area contributed by atoms with Crippen molar-refractivity contribution in [3.63, 3.8) is 0 Å². The van der Waals surface area contributed by atoms with Crippen molar-refractivity contribution in [2.45, 2.75) is 33.4 Å². The van der Waals surface area contributed by atoms with Gasteiger partial charge in [0.15, 0.2) is 0 Å². The first-order valence-electron chi connectivity index (χ1n) is 6.66. The van der Waals surface area contributed by atoms with Crippen molar-refractivity contribution in [2.24, 2.45) is 0 Å². The first-order valence-corrected chi connectivity index (χ1v) is 8.40. The third kappa shape index (κ3) is 3.46. The van der Waals surface area contributed by atoms with Gasteiger partial charge in [0, 0.05) is 5.75 Å². The monoisotopic (exact) mass is 260 g/mol. The topological polar surface area (TPSA) is 0 Å². The molecule has 0 aromatic heterocycles. The van der Waals surface area contributed by atoms with Gasteiger partial charge in [0.1, 0.15) is 0 Å². The maximum atomic E-state index is 4.21. The van der Waals surface area contributed by atoms with Crippen molar-refractivity contribution < 1.29 is 0 Å². The molecule has 0 N–H and O–H groups in total. The van der Waals surface area contributed by atoms with Gasteiger partial charge in [-0.1, -0.05) is 63.0 Å². The van der Waals surface area contributed by atoms with Gasteiger partial charge in [-0.25, -0.2) is 0 Å². The Morgan fingerprint density at radius 2 is 1.61 bits per heavy atom. The number of aryl methyl sites for hydroxylation is 1. The SMILES string of the molecule is C=S(CC)Cc1ccc(C)c2ccccc12.CC. The summed E-state index contributed by atoms with van der Waals surface area (Å²) in [6.07, 6.45) is 0. The number of hydrogen-bond donors (Lipinski definition) is 0. The zero-order chi connectivity index (χ0) is 13.5. The van der Waals surface area contributed by atoms with Gasteiger partial charge in [-0.2, -0.15) is 10.5 Å². The molecule has 0 radical (unpaired) electrons. The highest BCUT2D eigenvalue weighted by molar-refractivity contribution is 8.13. The fraction of sp³-hybridized carbons (Fsp3) is 0.353. The molecule has 0 bridgehead atoms. The molecule has 0 saturated carbocycles. The van der Waals surface area contributed by atoms with E-state index in [0.29, 0.717) is 0 Å². The molecule has 1 atom stereocenters. The molecule has 1 heteroatoms. The van der Waals surface area contributed by atoms with Crippen molar-refractivity contribution in [3.8, 4) is 0 Å². The third-order valence-corrected chi connectivity index (χ3v) is 4.54. The molecule has 0 spiro atoms. The Labute approximate surface area is 114 Å². The van der Waals surface area contributed by atoms with Crippen LogP contribution in [0.4, 0.5) is 0 Å². The summed E-state index contributed by atoms with van der Waals surface area (Å²) in [4.78, 5) is 0. The summed E-state index contributed by atoms with van der Waals surface area (Å²) in [5, 5.41) is 2.78. The van der Waals surface area contributed by atoms with Crippen LogP contribution >= 0.6 is 10.5 Å². The van der Waals surface area contributed by atoms with E-state index in [1.807, 2.05) is 13.8 Å². The van der Waals surface area contributed by atoms with Gasteiger partial charge >= 0.3 is 0 Å². The molecule has 2 aromatic carbocycles. The van der Waals surface area contributed by atoms with Gasteiger partial charge in [-0.15, -0.1) is 0 Å². The Kier molecular flexibility index (Phi) is 6.14. The molecule has 0 nitrogen and oxygen atoms in total. The molecule has 2 rings (SSSR count). The van der Waals surface area contributed by atoms with Crippen LogP contribution in [-0.2, 0) is 5.75 Å². The van der Waals surface area contributed by atoms with Crippen LogP contribution < -0.4 is 0 Å². The summed E-state index contributed by atoms with van der Waals surface area (Å²) < 4.78 is 0. The van der Waals surface area contributed by atoms with Crippen LogP contribution in [0.2, 0.25) is 0 Å². The van der Waals surface area contributed by atoms with Gasteiger partial charge in [0.05, 0.1) is 0 Å². The Morgan fingerprint density at radius 3 is 2.22 bits per heavy atom. The molecule has 0 amide bonds. The van der Waals surface area contributed by atoms with E-state index >= 15 is 0 Å². The molecule has 0 aliphatic rings. The maximum absolute atomic E-state index is 4.21. The Hall–Kier alpha value is -1.08. The quantitative estimate of drug-likeness (QED) is 0.649. The molecular weight excluding hydrogens is 236 g/mol. The molecule has 18 heavy (non-hydrogen) atoms. The van der Waals surface area contributed by atoms with Gasteiger partial charge in [0.2, 0.25) is 0 Å². The summed E-state index contributed by atoms with van der Waals surface area (Å²) in [6.45, 7) is 8.39. The predicted octanol–water partition coefficient (Wildman–Crippen LogP) is 5.40. The largest absolute Gasteiger partial charge is 0.189 e. The smallest absolute Gasteiger partial charge is 0.0135 e. The van der Waals surface area contributed by atoms with Crippen molar-refractivity contribution in [1.29, 1.82) is 0 Å². The van der Waals surface area contributed by atoms with E-state index in [-0.39, 0.29) is 10.5 Å². The minimum absolute atomic E-state index is 0.259. The fourth-order valence-electron chi connectivity index (χ4n) is 1.96. The molecule has 0 aliphatic carbocycles.